The monoisotopic (exact) mass is 273 g/mol. The van der Waals surface area contributed by atoms with Gasteiger partial charge in [0.05, 0.1) is 18.0 Å². The van der Waals surface area contributed by atoms with E-state index in [0.29, 0.717) is 5.69 Å². The van der Waals surface area contributed by atoms with Crippen LogP contribution in [0, 0.1) is 6.92 Å². The molecule has 18 heavy (non-hydrogen) atoms. The summed E-state index contributed by atoms with van der Waals surface area (Å²) < 4.78 is 29.3. The molecule has 0 spiro atoms. The maximum atomic E-state index is 11.9. The van der Waals surface area contributed by atoms with Crippen LogP contribution in [-0.4, -0.2) is 24.5 Å². The van der Waals surface area contributed by atoms with Gasteiger partial charge in [-0.2, -0.15) is 0 Å². The van der Waals surface area contributed by atoms with E-state index in [1.54, 1.807) is 27.7 Å². The van der Waals surface area contributed by atoms with Crippen molar-refractivity contribution in [3.63, 3.8) is 0 Å². The van der Waals surface area contributed by atoms with Gasteiger partial charge in [0.15, 0.2) is 0 Å². The minimum absolute atomic E-state index is 0.168. The Bertz CT molecular complexity index is 499. The van der Waals surface area contributed by atoms with Crippen LogP contribution in [0.2, 0.25) is 0 Å². The van der Waals surface area contributed by atoms with Gasteiger partial charge in [-0.3, -0.25) is 9.97 Å². The van der Waals surface area contributed by atoms with Crippen LogP contribution in [0.5, 0.6) is 0 Å². The Morgan fingerprint density at radius 2 is 2.00 bits per heavy atom. The summed E-state index contributed by atoms with van der Waals surface area (Å²) in [4.78, 5) is 6.51. The average molecular weight is 273 g/mol. The average Bonchev–Trinajstić information content (AvgIpc) is 2.25. The van der Waals surface area contributed by atoms with E-state index in [1.165, 1.54) is 12.4 Å². The molecule has 0 aliphatic heterocycles. The lowest BCUT2D eigenvalue weighted by Gasteiger charge is -2.31. The molecule has 0 bridgehead atoms. The Kier molecular flexibility index (Phi) is 4.41. The number of primary sulfonamides is 1. The van der Waals surface area contributed by atoms with Crippen molar-refractivity contribution in [3.8, 4) is 0 Å². The Balaban J connectivity index is 3.40. The summed E-state index contributed by atoms with van der Waals surface area (Å²) in [5, 5.41) is 5.32. The summed E-state index contributed by atoms with van der Waals surface area (Å²) in [7, 11) is -3.96. The van der Waals surface area contributed by atoms with E-state index < -0.39 is 15.0 Å². The summed E-state index contributed by atoms with van der Waals surface area (Å²) in [6.07, 6.45) is 2.76. The second kappa shape index (κ2) is 5.29. The molecule has 0 aliphatic rings. The maximum Gasteiger partial charge on any atom is 0.245 e. The summed E-state index contributed by atoms with van der Waals surface area (Å²) in [6.45, 7) is 6.95. The zero-order chi connectivity index (χ0) is 14.0. The van der Waals surface area contributed by atoms with Crippen molar-refractivity contribution < 1.29 is 13.2 Å². The Labute approximate surface area is 108 Å². The third-order valence-corrected chi connectivity index (χ3v) is 4.04. The molecule has 102 valence electrons. The molecule has 1 rings (SSSR count). The molecule has 0 radical (unpaired) electrons. The third-order valence-electron chi connectivity index (χ3n) is 2.52. The van der Waals surface area contributed by atoms with E-state index >= 15 is 0 Å². The molecule has 0 aromatic carbocycles. The Morgan fingerprint density at radius 1 is 1.39 bits per heavy atom. The van der Waals surface area contributed by atoms with Crippen LogP contribution in [0.25, 0.3) is 0 Å². The van der Waals surface area contributed by atoms with Gasteiger partial charge in [-0.25, -0.2) is 13.6 Å². The normalized spacial score (nSPS) is 15.7. The largest absolute Gasteiger partial charge is 0.350 e. The molecule has 1 heterocycles. The summed E-state index contributed by atoms with van der Waals surface area (Å²) in [5.41, 5.74) is 0.912. The second-order valence-corrected chi connectivity index (χ2v) is 6.11. The predicted molar refractivity (Wildman–Crippen MR) is 68.1 cm³/mol. The minimum Gasteiger partial charge on any atom is -0.350 e. The SMILES string of the molecule is CC[C@@](OC(C)C)(c1cnc(C)cn1)S(N)(=O)=O. The van der Waals surface area contributed by atoms with Crippen LogP contribution >= 0.6 is 0 Å². The van der Waals surface area contributed by atoms with Gasteiger partial charge in [0, 0.05) is 6.20 Å². The van der Waals surface area contributed by atoms with E-state index in [1.807, 2.05) is 0 Å². The van der Waals surface area contributed by atoms with Crippen molar-refractivity contribution >= 4 is 10.0 Å². The van der Waals surface area contributed by atoms with Gasteiger partial charge in [-0.1, -0.05) is 6.92 Å². The first-order valence-electron chi connectivity index (χ1n) is 5.72. The minimum atomic E-state index is -3.96. The molecule has 0 unspecified atom stereocenters. The molecule has 6 nitrogen and oxygen atoms in total. The summed E-state index contributed by atoms with van der Waals surface area (Å²) >= 11 is 0. The number of ether oxygens (including phenoxy) is 1. The number of hydrogen-bond donors (Lipinski definition) is 1. The molecule has 0 saturated heterocycles. The van der Waals surface area contributed by atoms with Gasteiger partial charge < -0.3 is 4.74 Å². The van der Waals surface area contributed by atoms with E-state index in [9.17, 15) is 8.42 Å². The number of rotatable bonds is 5. The predicted octanol–water partition coefficient (Wildman–Crippen LogP) is 1.06. The van der Waals surface area contributed by atoms with Crippen LogP contribution in [0.1, 0.15) is 38.6 Å². The van der Waals surface area contributed by atoms with Crippen molar-refractivity contribution in [2.75, 3.05) is 0 Å². The quantitative estimate of drug-likeness (QED) is 0.865. The maximum absolute atomic E-state index is 11.9. The molecule has 1 aromatic heterocycles. The summed E-state index contributed by atoms with van der Waals surface area (Å²) in [6, 6.07) is 0. The zero-order valence-electron chi connectivity index (χ0n) is 11.0. The van der Waals surface area contributed by atoms with Crippen LogP contribution in [-0.2, 0) is 19.7 Å². The van der Waals surface area contributed by atoms with Crippen molar-refractivity contribution in [2.24, 2.45) is 5.14 Å². The smallest absolute Gasteiger partial charge is 0.245 e. The van der Waals surface area contributed by atoms with Gasteiger partial charge in [-0.05, 0) is 27.2 Å². The van der Waals surface area contributed by atoms with Crippen LogP contribution in [0.3, 0.4) is 0 Å². The van der Waals surface area contributed by atoms with E-state index in [0.717, 1.165) is 0 Å². The second-order valence-electron chi connectivity index (χ2n) is 4.36. The highest BCUT2D eigenvalue weighted by Gasteiger charge is 2.45. The topological polar surface area (TPSA) is 95.2 Å². The van der Waals surface area contributed by atoms with Crippen molar-refractivity contribution in [3.05, 3.63) is 23.8 Å². The number of hydrogen-bond acceptors (Lipinski definition) is 5. The first kappa shape index (κ1) is 15.0. The Hall–Kier alpha value is -1.05. The number of aromatic nitrogens is 2. The van der Waals surface area contributed by atoms with Crippen molar-refractivity contribution in [2.45, 2.75) is 45.2 Å². The third kappa shape index (κ3) is 2.85. The molecule has 0 amide bonds. The molecular weight excluding hydrogens is 254 g/mol. The Morgan fingerprint density at radius 3 is 2.33 bits per heavy atom. The fourth-order valence-corrected chi connectivity index (χ4v) is 2.83. The number of aryl methyl sites for hydroxylation is 1. The van der Waals surface area contributed by atoms with Gasteiger partial charge in [0.25, 0.3) is 0 Å². The molecule has 1 atom stereocenters. The van der Waals surface area contributed by atoms with Gasteiger partial charge in [0.2, 0.25) is 15.0 Å². The van der Waals surface area contributed by atoms with E-state index in [-0.39, 0.29) is 18.2 Å². The molecule has 2 N–H and O–H groups in total. The first-order valence-corrected chi connectivity index (χ1v) is 7.27. The van der Waals surface area contributed by atoms with Gasteiger partial charge >= 0.3 is 0 Å². The van der Waals surface area contributed by atoms with Gasteiger partial charge in [0.1, 0.15) is 5.69 Å². The highest BCUT2D eigenvalue weighted by molar-refractivity contribution is 7.90. The highest BCUT2D eigenvalue weighted by atomic mass is 32.2. The molecule has 0 saturated carbocycles. The van der Waals surface area contributed by atoms with Crippen LogP contribution in [0.4, 0.5) is 0 Å². The number of sulfonamides is 1. The van der Waals surface area contributed by atoms with E-state index in [2.05, 4.69) is 9.97 Å². The molecule has 0 aliphatic carbocycles. The summed E-state index contributed by atoms with van der Waals surface area (Å²) in [5.74, 6) is 0. The molecular formula is C11H19N3O3S. The zero-order valence-corrected chi connectivity index (χ0v) is 11.9. The number of nitrogens with two attached hydrogens (primary N) is 1. The molecule has 0 fully saturated rings. The highest BCUT2D eigenvalue weighted by Crippen LogP contribution is 2.33. The lowest BCUT2D eigenvalue weighted by atomic mass is 10.2. The van der Waals surface area contributed by atoms with Gasteiger partial charge in [-0.15, -0.1) is 0 Å². The lowest BCUT2D eigenvalue weighted by molar-refractivity contribution is -0.0324. The molecule has 7 heteroatoms. The van der Waals surface area contributed by atoms with Crippen LogP contribution < -0.4 is 5.14 Å². The lowest BCUT2D eigenvalue weighted by Crippen LogP contribution is -2.45. The van der Waals surface area contributed by atoms with E-state index in [4.69, 9.17) is 9.88 Å². The fourth-order valence-electron chi connectivity index (χ4n) is 1.71. The standard InChI is InChI=1S/C11H19N3O3S/c1-5-11(17-8(2)3,18(12,15)16)10-7-13-9(4)6-14-10/h6-8H,5H2,1-4H3,(H2,12,15,16)/t11-/m0/s1. The fraction of sp³-hybridized carbons (Fsp3) is 0.636. The van der Waals surface area contributed by atoms with Crippen molar-refractivity contribution in [1.82, 2.24) is 9.97 Å². The van der Waals surface area contributed by atoms with Crippen LogP contribution in [0.15, 0.2) is 12.4 Å². The van der Waals surface area contributed by atoms with Crippen molar-refractivity contribution in [1.29, 1.82) is 0 Å². The number of nitrogens with zero attached hydrogens (tertiary/aromatic N) is 2. The molecule has 1 aromatic rings. The first-order chi connectivity index (χ1) is 8.23.